The fourth-order valence-electron chi connectivity index (χ4n) is 1.93. The second kappa shape index (κ2) is 6.09. The van der Waals surface area contributed by atoms with Crippen LogP contribution in [-0.2, 0) is 0 Å². The summed E-state index contributed by atoms with van der Waals surface area (Å²) in [7, 11) is 0. The molecule has 2 rings (SSSR count). The number of hydrogen-bond acceptors (Lipinski definition) is 4. The number of nitrogens with zero attached hydrogens (tertiary/aromatic N) is 1. The van der Waals surface area contributed by atoms with Crippen molar-refractivity contribution in [3.05, 3.63) is 62.4 Å². The van der Waals surface area contributed by atoms with Gasteiger partial charge < -0.3 is 10.4 Å². The molecule has 0 saturated heterocycles. The summed E-state index contributed by atoms with van der Waals surface area (Å²) in [5, 5.41) is 23.5. The van der Waals surface area contributed by atoms with E-state index >= 15 is 0 Å². The van der Waals surface area contributed by atoms with Gasteiger partial charge in [-0.2, -0.15) is 0 Å². The third kappa shape index (κ3) is 3.49. The maximum Gasteiger partial charge on any atom is 0.270 e. The molecule has 2 aromatic rings. The van der Waals surface area contributed by atoms with Crippen LogP contribution in [0.25, 0.3) is 0 Å². The summed E-state index contributed by atoms with van der Waals surface area (Å²) in [5.41, 5.74) is 1.14. The fraction of sp³-hybridized carbons (Fsp3) is 0.143. The lowest BCUT2D eigenvalue weighted by molar-refractivity contribution is -0.384. The molecular formula is C14H12BrFN2O3. The Labute approximate surface area is 128 Å². The van der Waals surface area contributed by atoms with Crippen LogP contribution < -0.4 is 5.32 Å². The van der Waals surface area contributed by atoms with E-state index in [2.05, 4.69) is 21.2 Å². The topological polar surface area (TPSA) is 75.4 Å². The van der Waals surface area contributed by atoms with Crippen molar-refractivity contribution in [2.24, 2.45) is 0 Å². The van der Waals surface area contributed by atoms with E-state index in [-0.39, 0.29) is 17.5 Å². The Morgan fingerprint density at radius 1 is 1.33 bits per heavy atom. The SMILES string of the molecule is CC(Nc1ccc([N+](=O)[O-])cc1Br)c1ccc(F)cc1O. The van der Waals surface area contributed by atoms with Crippen molar-refractivity contribution in [1.82, 2.24) is 0 Å². The van der Waals surface area contributed by atoms with Gasteiger partial charge in [0.2, 0.25) is 0 Å². The molecule has 2 N–H and O–H groups in total. The molecule has 21 heavy (non-hydrogen) atoms. The number of anilines is 1. The van der Waals surface area contributed by atoms with Crippen molar-refractivity contribution in [2.75, 3.05) is 5.32 Å². The van der Waals surface area contributed by atoms with E-state index in [1.807, 2.05) is 0 Å². The van der Waals surface area contributed by atoms with E-state index in [9.17, 15) is 19.6 Å². The van der Waals surface area contributed by atoms with Gasteiger partial charge in [-0.1, -0.05) is 6.07 Å². The number of non-ortho nitro benzene ring substituents is 1. The molecule has 1 atom stereocenters. The summed E-state index contributed by atoms with van der Waals surface area (Å²) in [6.45, 7) is 1.79. The number of halogens is 2. The first-order valence-corrected chi connectivity index (χ1v) is 6.86. The highest BCUT2D eigenvalue weighted by Gasteiger charge is 2.14. The Hall–Kier alpha value is -2.15. The van der Waals surface area contributed by atoms with E-state index in [4.69, 9.17) is 0 Å². The van der Waals surface area contributed by atoms with Crippen LogP contribution in [0.3, 0.4) is 0 Å². The summed E-state index contributed by atoms with van der Waals surface area (Å²) in [6, 6.07) is 7.82. The molecule has 0 heterocycles. The van der Waals surface area contributed by atoms with Gasteiger partial charge in [0, 0.05) is 33.9 Å². The van der Waals surface area contributed by atoms with Crippen LogP contribution in [0.2, 0.25) is 0 Å². The normalized spacial score (nSPS) is 12.0. The van der Waals surface area contributed by atoms with Crippen LogP contribution >= 0.6 is 15.9 Å². The average molecular weight is 355 g/mol. The molecule has 0 radical (unpaired) electrons. The molecule has 7 heteroatoms. The Balaban J connectivity index is 2.23. The van der Waals surface area contributed by atoms with Gasteiger partial charge in [0.1, 0.15) is 11.6 Å². The summed E-state index contributed by atoms with van der Waals surface area (Å²) in [5.74, 6) is -0.659. The highest BCUT2D eigenvalue weighted by Crippen LogP contribution is 2.32. The average Bonchev–Trinajstić information content (AvgIpc) is 2.40. The molecule has 2 aromatic carbocycles. The number of aromatic hydroxyl groups is 1. The van der Waals surface area contributed by atoms with Crippen molar-refractivity contribution in [1.29, 1.82) is 0 Å². The first-order valence-electron chi connectivity index (χ1n) is 6.07. The van der Waals surface area contributed by atoms with Gasteiger partial charge >= 0.3 is 0 Å². The second-order valence-corrected chi connectivity index (χ2v) is 5.34. The Morgan fingerprint density at radius 2 is 2.05 bits per heavy atom. The molecule has 0 fully saturated rings. The number of hydrogen-bond donors (Lipinski definition) is 2. The smallest absolute Gasteiger partial charge is 0.270 e. The summed E-state index contributed by atoms with van der Waals surface area (Å²) in [4.78, 5) is 10.2. The van der Waals surface area contributed by atoms with E-state index < -0.39 is 10.7 Å². The van der Waals surface area contributed by atoms with Crippen molar-refractivity contribution >= 4 is 27.3 Å². The number of nitro groups is 1. The van der Waals surface area contributed by atoms with Gasteiger partial charge in [-0.25, -0.2) is 4.39 Å². The lowest BCUT2D eigenvalue weighted by atomic mass is 10.1. The minimum Gasteiger partial charge on any atom is -0.507 e. The van der Waals surface area contributed by atoms with Crippen LogP contribution in [0.5, 0.6) is 5.75 Å². The molecule has 0 aliphatic carbocycles. The van der Waals surface area contributed by atoms with Crippen molar-refractivity contribution in [3.8, 4) is 5.75 Å². The predicted molar refractivity (Wildman–Crippen MR) is 80.9 cm³/mol. The molecule has 5 nitrogen and oxygen atoms in total. The molecule has 1 unspecified atom stereocenters. The van der Waals surface area contributed by atoms with E-state index in [0.717, 1.165) is 6.07 Å². The minimum absolute atomic E-state index is 0.0234. The lowest BCUT2D eigenvalue weighted by Gasteiger charge is -2.18. The van der Waals surface area contributed by atoms with Gasteiger partial charge in [-0.05, 0) is 35.0 Å². The molecule has 0 aliphatic rings. The fourth-order valence-corrected chi connectivity index (χ4v) is 2.41. The lowest BCUT2D eigenvalue weighted by Crippen LogP contribution is -2.07. The second-order valence-electron chi connectivity index (χ2n) is 4.49. The number of rotatable bonds is 4. The zero-order chi connectivity index (χ0) is 15.6. The maximum atomic E-state index is 13.0. The minimum atomic E-state index is -0.514. The van der Waals surface area contributed by atoms with Gasteiger partial charge in [0.05, 0.1) is 11.0 Å². The van der Waals surface area contributed by atoms with Gasteiger partial charge in [-0.15, -0.1) is 0 Å². The number of nitrogens with one attached hydrogen (secondary N) is 1. The molecule has 0 saturated carbocycles. The molecule has 110 valence electrons. The van der Waals surface area contributed by atoms with Gasteiger partial charge in [-0.3, -0.25) is 10.1 Å². The molecule has 0 aromatic heterocycles. The predicted octanol–water partition coefficient (Wildman–Crippen LogP) is 4.38. The number of nitro benzene ring substituents is 1. The Morgan fingerprint density at radius 3 is 2.62 bits per heavy atom. The van der Waals surface area contributed by atoms with Crippen molar-refractivity contribution in [3.63, 3.8) is 0 Å². The number of phenolic OH excluding ortho intramolecular Hbond substituents is 1. The number of benzene rings is 2. The van der Waals surface area contributed by atoms with Crippen LogP contribution in [0.1, 0.15) is 18.5 Å². The van der Waals surface area contributed by atoms with Crippen molar-refractivity contribution < 1.29 is 14.4 Å². The van der Waals surface area contributed by atoms with Gasteiger partial charge in [0.15, 0.2) is 0 Å². The quantitative estimate of drug-likeness (QED) is 0.631. The first kappa shape index (κ1) is 15.2. The van der Waals surface area contributed by atoms with Crippen LogP contribution in [-0.4, -0.2) is 10.0 Å². The zero-order valence-corrected chi connectivity index (χ0v) is 12.6. The van der Waals surface area contributed by atoms with Crippen LogP contribution in [0.15, 0.2) is 40.9 Å². The molecular weight excluding hydrogens is 343 g/mol. The van der Waals surface area contributed by atoms with Crippen LogP contribution in [0.4, 0.5) is 15.8 Å². The Bertz CT molecular complexity index is 694. The van der Waals surface area contributed by atoms with Crippen molar-refractivity contribution in [2.45, 2.75) is 13.0 Å². The van der Waals surface area contributed by atoms with E-state index in [1.54, 1.807) is 13.0 Å². The monoisotopic (exact) mass is 354 g/mol. The van der Waals surface area contributed by atoms with Crippen LogP contribution in [0, 0.1) is 15.9 Å². The maximum absolute atomic E-state index is 13.0. The van der Waals surface area contributed by atoms with E-state index in [1.165, 1.54) is 24.3 Å². The molecule has 0 spiro atoms. The highest BCUT2D eigenvalue weighted by atomic mass is 79.9. The molecule has 0 amide bonds. The third-order valence-corrected chi connectivity index (χ3v) is 3.65. The Kier molecular flexibility index (Phi) is 4.42. The standard InChI is InChI=1S/C14H12BrFN2O3/c1-8(11-4-2-9(16)6-14(11)19)17-13-5-3-10(18(20)21)7-12(13)15/h2-8,17,19H,1H3. The third-order valence-electron chi connectivity index (χ3n) is 2.99. The zero-order valence-electron chi connectivity index (χ0n) is 11.0. The number of phenols is 1. The first-order chi connectivity index (χ1) is 9.88. The summed E-state index contributed by atoms with van der Waals surface area (Å²) in [6.07, 6.45) is 0. The largest absolute Gasteiger partial charge is 0.507 e. The molecule has 0 aliphatic heterocycles. The summed E-state index contributed by atoms with van der Waals surface area (Å²) < 4.78 is 13.5. The summed E-state index contributed by atoms with van der Waals surface area (Å²) >= 11 is 3.26. The molecule has 0 bridgehead atoms. The van der Waals surface area contributed by atoms with Gasteiger partial charge in [0.25, 0.3) is 5.69 Å². The van der Waals surface area contributed by atoms with E-state index in [0.29, 0.717) is 15.7 Å². The highest BCUT2D eigenvalue weighted by molar-refractivity contribution is 9.10.